The smallest absolute Gasteiger partial charge is 0.0710 e. The molecule has 167 valence electrons. The average molecular weight is 504 g/mol. The van der Waals surface area contributed by atoms with E-state index in [-0.39, 0.29) is 39.3 Å². The Balaban J connectivity index is 0.00000480. The number of nitrogens with one attached hydrogen (secondary N) is 1. The van der Waals surface area contributed by atoms with Gasteiger partial charge in [-0.05, 0) is 30.3 Å². The van der Waals surface area contributed by atoms with Gasteiger partial charge in [0.25, 0.3) is 0 Å². The molecule has 0 atom stereocenters. The zero-order chi connectivity index (χ0) is 21.8. The first kappa shape index (κ1) is 27.6. The summed E-state index contributed by atoms with van der Waals surface area (Å²) in [4.78, 5) is 16.0. The first-order valence-electron chi connectivity index (χ1n) is 10.2. The van der Waals surface area contributed by atoms with Gasteiger partial charge in [0.2, 0.25) is 0 Å². The van der Waals surface area contributed by atoms with Crippen molar-refractivity contribution in [1.82, 2.24) is 20.0 Å². The zero-order valence-corrected chi connectivity index (χ0v) is 21.7. The van der Waals surface area contributed by atoms with Crippen LogP contribution in [0.25, 0.3) is 11.6 Å². The van der Waals surface area contributed by atoms with Gasteiger partial charge in [-0.3, -0.25) is 14.9 Å². The number of rotatable bonds is 13. The standard InChI is InChI=1S/C22H32FN6O.Y/c1-5-19(27-30-4)13-20-8-7-18(14-25-20)16-29(6-2)12-11-24-21-9-10-22(26-15-21)17-28(3)23;/h7-10,13-15,24H,5-6,11-12,16-17H2,1-4H3;/q-1;/b19-13-;. The maximum Gasteiger partial charge on any atom is 0.0710 e. The van der Waals surface area contributed by atoms with Crippen LogP contribution in [-0.4, -0.2) is 53.8 Å². The van der Waals surface area contributed by atoms with Gasteiger partial charge < -0.3 is 15.6 Å². The molecule has 0 bridgehead atoms. The number of allylic oxidation sites excluding steroid dienone is 1. The average Bonchev–Trinajstić information content (AvgIpc) is 2.74. The molecule has 0 aliphatic carbocycles. The number of halogens is 1. The third-order valence-corrected chi connectivity index (χ3v) is 4.55. The van der Waals surface area contributed by atoms with Crippen LogP contribution in [0.4, 0.5) is 10.2 Å². The molecule has 1 radical (unpaired) electrons. The summed E-state index contributed by atoms with van der Waals surface area (Å²) in [5.41, 5.74) is 8.51. The van der Waals surface area contributed by atoms with Crippen molar-refractivity contribution in [3.8, 4) is 0 Å². The van der Waals surface area contributed by atoms with Crippen molar-refractivity contribution in [3.63, 3.8) is 0 Å². The van der Waals surface area contributed by atoms with E-state index in [0.29, 0.717) is 10.8 Å². The van der Waals surface area contributed by atoms with Crippen LogP contribution in [-0.2, 0) is 50.6 Å². The molecule has 7 nitrogen and oxygen atoms in total. The molecule has 0 saturated carbocycles. The van der Waals surface area contributed by atoms with Gasteiger partial charge in [-0.2, -0.15) is 0 Å². The third-order valence-electron chi connectivity index (χ3n) is 4.55. The molecule has 0 saturated heterocycles. The predicted octanol–water partition coefficient (Wildman–Crippen LogP) is 4.41. The zero-order valence-electron chi connectivity index (χ0n) is 18.9. The molecule has 1 N–H and O–H groups in total. The second-order valence-corrected chi connectivity index (χ2v) is 6.95. The van der Waals surface area contributed by atoms with E-state index >= 15 is 0 Å². The summed E-state index contributed by atoms with van der Waals surface area (Å²) in [6.07, 6.45) is 6.37. The number of aromatic nitrogens is 2. The van der Waals surface area contributed by atoms with Gasteiger partial charge in [-0.25, -0.2) is 0 Å². The van der Waals surface area contributed by atoms with Gasteiger partial charge in [0, 0.05) is 72.7 Å². The Morgan fingerprint density at radius 3 is 2.52 bits per heavy atom. The topological polar surface area (TPSA) is 67.6 Å². The largest absolute Gasteiger partial charge is 0.566 e. The molecule has 9 heteroatoms. The van der Waals surface area contributed by atoms with Gasteiger partial charge in [0.15, 0.2) is 0 Å². The van der Waals surface area contributed by atoms with Crippen molar-refractivity contribution in [2.75, 3.05) is 39.1 Å². The van der Waals surface area contributed by atoms with Crippen molar-refractivity contribution in [2.24, 2.45) is 0 Å². The quantitative estimate of drug-likeness (QED) is 0.322. The first-order chi connectivity index (χ1) is 14.5. The monoisotopic (exact) mass is 504 g/mol. The van der Waals surface area contributed by atoms with E-state index in [2.05, 4.69) is 38.7 Å². The second-order valence-electron chi connectivity index (χ2n) is 6.95. The van der Waals surface area contributed by atoms with Crippen LogP contribution in [0.2, 0.25) is 0 Å². The van der Waals surface area contributed by atoms with Gasteiger partial charge in [0.05, 0.1) is 29.8 Å². The van der Waals surface area contributed by atoms with E-state index < -0.39 is 0 Å². The van der Waals surface area contributed by atoms with Crippen LogP contribution in [0.3, 0.4) is 0 Å². The maximum absolute atomic E-state index is 12.9. The fourth-order valence-electron chi connectivity index (χ4n) is 2.91. The van der Waals surface area contributed by atoms with Gasteiger partial charge in [0.1, 0.15) is 0 Å². The van der Waals surface area contributed by atoms with Crippen LogP contribution in [0.5, 0.6) is 0 Å². The van der Waals surface area contributed by atoms with E-state index in [0.717, 1.165) is 55.2 Å². The van der Waals surface area contributed by atoms with Crippen LogP contribution >= 0.6 is 0 Å². The van der Waals surface area contributed by atoms with Crippen LogP contribution in [0, 0.1) is 0 Å². The molecule has 0 unspecified atom stereocenters. The molecule has 0 aromatic carbocycles. The molecule has 31 heavy (non-hydrogen) atoms. The number of hydroxylamine groups is 1. The van der Waals surface area contributed by atoms with Gasteiger partial charge >= 0.3 is 0 Å². The summed E-state index contributed by atoms with van der Waals surface area (Å²) >= 11 is 0. The van der Waals surface area contributed by atoms with Crippen LogP contribution in [0.15, 0.2) is 42.4 Å². The van der Waals surface area contributed by atoms with Crippen molar-refractivity contribution < 1.29 is 42.0 Å². The van der Waals surface area contributed by atoms with Crippen molar-refractivity contribution in [1.29, 1.82) is 0 Å². The SMILES string of the molecule is CC/C(=C/c1ccc(CN(CC)CCNc2ccc(CN(C)F)nc2)cn1)[N-]OC.[Y]. The van der Waals surface area contributed by atoms with Crippen LogP contribution < -0.4 is 5.32 Å². The third kappa shape index (κ3) is 10.6. The summed E-state index contributed by atoms with van der Waals surface area (Å²) < 4.78 is 12.9. The van der Waals surface area contributed by atoms with Gasteiger partial charge in [-0.15, -0.1) is 15.3 Å². The van der Waals surface area contributed by atoms with E-state index in [1.54, 1.807) is 13.3 Å². The molecular weight excluding hydrogens is 472 g/mol. The Hall–Kier alpha value is -1.45. The number of likely N-dealkylation sites (N-methyl/N-ethyl adjacent to an activating group) is 1. The Bertz CT molecular complexity index is 771. The molecule has 0 aliphatic rings. The number of anilines is 1. The Labute approximate surface area is 210 Å². The van der Waals surface area contributed by atoms with Gasteiger partial charge in [-0.1, -0.05) is 32.4 Å². The molecule has 0 aliphatic heterocycles. The number of pyridine rings is 2. The van der Waals surface area contributed by atoms with Crippen molar-refractivity contribution in [3.05, 3.63) is 64.8 Å². The Kier molecular flexibility index (Phi) is 13.7. The molecule has 2 aromatic rings. The number of nitrogens with zero attached hydrogens (tertiary/aromatic N) is 5. The molecule has 0 fully saturated rings. The van der Waals surface area contributed by atoms with E-state index in [9.17, 15) is 4.48 Å². The van der Waals surface area contributed by atoms with Crippen molar-refractivity contribution >= 4 is 11.8 Å². The summed E-state index contributed by atoms with van der Waals surface area (Å²) in [6, 6.07) is 7.87. The van der Waals surface area contributed by atoms with E-state index in [1.165, 1.54) is 7.05 Å². The fourth-order valence-corrected chi connectivity index (χ4v) is 2.91. The minimum atomic E-state index is 0. The minimum absolute atomic E-state index is 0. The summed E-state index contributed by atoms with van der Waals surface area (Å²) in [7, 11) is 2.93. The Morgan fingerprint density at radius 1 is 1.16 bits per heavy atom. The molecule has 2 rings (SSSR count). The molecule has 2 heterocycles. The molecular formula is C22H32FN6OY-. The molecule has 0 spiro atoms. The fraction of sp³-hybridized carbons (Fsp3) is 0.455. The number of hydrogen-bond donors (Lipinski definition) is 1. The van der Waals surface area contributed by atoms with Crippen LogP contribution in [0.1, 0.15) is 37.2 Å². The summed E-state index contributed by atoms with van der Waals surface area (Å²) in [5.74, 6) is 0. The van der Waals surface area contributed by atoms with E-state index in [4.69, 9.17) is 4.84 Å². The predicted molar refractivity (Wildman–Crippen MR) is 119 cm³/mol. The van der Waals surface area contributed by atoms with Crippen molar-refractivity contribution in [2.45, 2.75) is 33.4 Å². The normalized spacial score (nSPS) is 11.5. The molecule has 0 amide bonds. The second kappa shape index (κ2) is 15.4. The first-order valence-corrected chi connectivity index (χ1v) is 10.2. The van der Waals surface area contributed by atoms with E-state index in [1.807, 2.05) is 37.4 Å². The maximum atomic E-state index is 12.9. The summed E-state index contributed by atoms with van der Waals surface area (Å²) in [6.45, 7) is 7.82. The molecule has 2 aromatic heterocycles. The number of hydrogen-bond acceptors (Lipinski definition) is 6. The minimum Gasteiger partial charge on any atom is -0.566 e. The Morgan fingerprint density at radius 2 is 1.97 bits per heavy atom. The summed E-state index contributed by atoms with van der Waals surface area (Å²) in [5, 5.41) is 3.98.